The predicted octanol–water partition coefficient (Wildman–Crippen LogP) is 2.91. The van der Waals surface area contributed by atoms with Crippen LogP contribution in [0.3, 0.4) is 0 Å². The standard InChI is InChI=1S/C16H28N4/c1-13(2)10-17-11-15-12-18-16(19-14(15)3)20-8-6-4-5-7-9-20/h12-13,17H,4-11H2,1-3H3. The van der Waals surface area contributed by atoms with Gasteiger partial charge < -0.3 is 10.2 Å². The second kappa shape index (κ2) is 7.58. The number of aromatic nitrogens is 2. The molecular formula is C16H28N4. The topological polar surface area (TPSA) is 41.1 Å². The first kappa shape index (κ1) is 15.2. The fraction of sp³-hybridized carbons (Fsp3) is 0.750. The molecule has 0 saturated carbocycles. The number of anilines is 1. The zero-order chi connectivity index (χ0) is 14.4. The molecule has 0 aromatic carbocycles. The molecule has 0 radical (unpaired) electrons. The second-order valence-electron chi connectivity index (χ2n) is 6.21. The SMILES string of the molecule is Cc1nc(N2CCCCCC2)ncc1CNCC(C)C. The Morgan fingerprint density at radius 1 is 1.20 bits per heavy atom. The van der Waals surface area contributed by atoms with Crippen molar-refractivity contribution >= 4 is 5.95 Å². The van der Waals surface area contributed by atoms with Crippen LogP contribution >= 0.6 is 0 Å². The molecule has 1 aliphatic rings. The summed E-state index contributed by atoms with van der Waals surface area (Å²) in [5.41, 5.74) is 2.32. The number of rotatable bonds is 5. The Hall–Kier alpha value is -1.16. The summed E-state index contributed by atoms with van der Waals surface area (Å²) >= 11 is 0. The van der Waals surface area contributed by atoms with Gasteiger partial charge in [-0.25, -0.2) is 9.97 Å². The first-order valence-corrected chi connectivity index (χ1v) is 7.95. The van der Waals surface area contributed by atoms with Crippen LogP contribution in [0, 0.1) is 12.8 Å². The molecule has 1 aromatic heterocycles. The smallest absolute Gasteiger partial charge is 0.225 e. The van der Waals surface area contributed by atoms with Gasteiger partial charge in [0.25, 0.3) is 0 Å². The molecule has 1 aromatic rings. The molecule has 0 aliphatic carbocycles. The molecule has 0 amide bonds. The van der Waals surface area contributed by atoms with Crippen molar-refractivity contribution in [1.82, 2.24) is 15.3 Å². The molecule has 4 heteroatoms. The summed E-state index contributed by atoms with van der Waals surface area (Å²) < 4.78 is 0. The molecule has 2 heterocycles. The number of hydrogen-bond donors (Lipinski definition) is 1. The first-order valence-electron chi connectivity index (χ1n) is 7.95. The van der Waals surface area contributed by atoms with Gasteiger partial charge in [-0.05, 0) is 32.2 Å². The lowest BCUT2D eigenvalue weighted by atomic mass is 10.2. The number of nitrogens with zero attached hydrogens (tertiary/aromatic N) is 3. The highest BCUT2D eigenvalue weighted by Crippen LogP contribution is 2.16. The first-order chi connectivity index (χ1) is 9.66. The van der Waals surface area contributed by atoms with Crippen LogP contribution in [-0.2, 0) is 6.54 Å². The Kier molecular flexibility index (Phi) is 5.77. The Balaban J connectivity index is 1.97. The fourth-order valence-electron chi connectivity index (χ4n) is 2.57. The molecule has 2 rings (SSSR count). The van der Waals surface area contributed by atoms with Crippen LogP contribution in [-0.4, -0.2) is 29.6 Å². The van der Waals surface area contributed by atoms with E-state index in [0.717, 1.165) is 37.8 Å². The fourth-order valence-corrected chi connectivity index (χ4v) is 2.57. The van der Waals surface area contributed by atoms with E-state index in [1.807, 2.05) is 6.20 Å². The minimum Gasteiger partial charge on any atom is -0.341 e. The van der Waals surface area contributed by atoms with Crippen molar-refractivity contribution in [3.8, 4) is 0 Å². The van der Waals surface area contributed by atoms with Crippen molar-refractivity contribution in [3.63, 3.8) is 0 Å². The number of hydrogen-bond acceptors (Lipinski definition) is 4. The van der Waals surface area contributed by atoms with Crippen LogP contribution in [0.15, 0.2) is 6.20 Å². The van der Waals surface area contributed by atoms with E-state index in [9.17, 15) is 0 Å². The van der Waals surface area contributed by atoms with Gasteiger partial charge in [-0.2, -0.15) is 0 Å². The third-order valence-corrected chi connectivity index (χ3v) is 3.83. The Morgan fingerprint density at radius 3 is 2.50 bits per heavy atom. The lowest BCUT2D eigenvalue weighted by Crippen LogP contribution is -2.27. The number of nitrogens with one attached hydrogen (secondary N) is 1. The summed E-state index contributed by atoms with van der Waals surface area (Å²) in [6, 6.07) is 0. The lowest BCUT2D eigenvalue weighted by Gasteiger charge is -2.21. The highest BCUT2D eigenvalue weighted by molar-refractivity contribution is 5.33. The molecule has 1 N–H and O–H groups in total. The van der Waals surface area contributed by atoms with Crippen molar-refractivity contribution in [3.05, 3.63) is 17.5 Å². The zero-order valence-corrected chi connectivity index (χ0v) is 13.2. The second-order valence-corrected chi connectivity index (χ2v) is 6.21. The molecule has 1 aliphatic heterocycles. The van der Waals surface area contributed by atoms with Gasteiger partial charge in [0.1, 0.15) is 0 Å². The Morgan fingerprint density at radius 2 is 1.90 bits per heavy atom. The van der Waals surface area contributed by atoms with Crippen LogP contribution in [0.2, 0.25) is 0 Å². The molecule has 4 nitrogen and oxygen atoms in total. The maximum atomic E-state index is 4.71. The van der Waals surface area contributed by atoms with Gasteiger partial charge in [-0.3, -0.25) is 0 Å². The third-order valence-electron chi connectivity index (χ3n) is 3.83. The predicted molar refractivity (Wildman–Crippen MR) is 84.0 cm³/mol. The molecule has 112 valence electrons. The van der Waals surface area contributed by atoms with Crippen molar-refractivity contribution < 1.29 is 0 Å². The molecule has 0 bridgehead atoms. The van der Waals surface area contributed by atoms with E-state index in [2.05, 4.69) is 36.0 Å². The average molecular weight is 276 g/mol. The van der Waals surface area contributed by atoms with Crippen molar-refractivity contribution in [2.45, 2.75) is 53.0 Å². The van der Waals surface area contributed by atoms with Gasteiger partial charge in [0.2, 0.25) is 5.95 Å². The van der Waals surface area contributed by atoms with E-state index >= 15 is 0 Å². The van der Waals surface area contributed by atoms with E-state index in [1.165, 1.54) is 31.2 Å². The van der Waals surface area contributed by atoms with Crippen LogP contribution < -0.4 is 10.2 Å². The van der Waals surface area contributed by atoms with Gasteiger partial charge in [0.15, 0.2) is 0 Å². The molecule has 1 saturated heterocycles. The van der Waals surface area contributed by atoms with E-state index < -0.39 is 0 Å². The van der Waals surface area contributed by atoms with Gasteiger partial charge >= 0.3 is 0 Å². The van der Waals surface area contributed by atoms with E-state index in [1.54, 1.807) is 0 Å². The summed E-state index contributed by atoms with van der Waals surface area (Å²) in [4.78, 5) is 11.6. The lowest BCUT2D eigenvalue weighted by molar-refractivity contribution is 0.550. The van der Waals surface area contributed by atoms with Crippen molar-refractivity contribution in [1.29, 1.82) is 0 Å². The quantitative estimate of drug-likeness (QED) is 0.898. The monoisotopic (exact) mass is 276 g/mol. The molecular weight excluding hydrogens is 248 g/mol. The summed E-state index contributed by atoms with van der Waals surface area (Å²) in [7, 11) is 0. The van der Waals surface area contributed by atoms with Gasteiger partial charge in [-0.15, -0.1) is 0 Å². The van der Waals surface area contributed by atoms with Crippen molar-refractivity contribution in [2.75, 3.05) is 24.5 Å². The summed E-state index contributed by atoms with van der Waals surface area (Å²) in [6.07, 6.45) is 7.20. The van der Waals surface area contributed by atoms with E-state index in [0.29, 0.717) is 5.92 Å². The highest BCUT2D eigenvalue weighted by atomic mass is 15.2. The molecule has 0 atom stereocenters. The van der Waals surface area contributed by atoms with Crippen LogP contribution in [0.4, 0.5) is 5.95 Å². The molecule has 0 unspecified atom stereocenters. The zero-order valence-electron chi connectivity index (χ0n) is 13.2. The van der Waals surface area contributed by atoms with Crippen molar-refractivity contribution in [2.24, 2.45) is 5.92 Å². The van der Waals surface area contributed by atoms with E-state index in [4.69, 9.17) is 4.98 Å². The van der Waals surface area contributed by atoms with Crippen LogP contribution in [0.1, 0.15) is 50.8 Å². The minimum atomic E-state index is 0.674. The van der Waals surface area contributed by atoms with Gasteiger partial charge in [-0.1, -0.05) is 26.7 Å². The largest absolute Gasteiger partial charge is 0.341 e. The third kappa shape index (κ3) is 4.44. The van der Waals surface area contributed by atoms with Crippen LogP contribution in [0.25, 0.3) is 0 Å². The van der Waals surface area contributed by atoms with Gasteiger partial charge in [0, 0.05) is 37.1 Å². The van der Waals surface area contributed by atoms with Gasteiger partial charge in [0.05, 0.1) is 0 Å². The molecule has 20 heavy (non-hydrogen) atoms. The summed E-state index contributed by atoms with van der Waals surface area (Å²) in [6.45, 7) is 10.6. The minimum absolute atomic E-state index is 0.674. The summed E-state index contributed by atoms with van der Waals surface area (Å²) in [5.74, 6) is 1.59. The highest BCUT2D eigenvalue weighted by Gasteiger charge is 2.13. The number of aryl methyl sites for hydroxylation is 1. The molecule has 1 fully saturated rings. The van der Waals surface area contributed by atoms with E-state index in [-0.39, 0.29) is 0 Å². The molecule has 0 spiro atoms. The maximum absolute atomic E-state index is 4.71. The Bertz CT molecular complexity index is 409. The average Bonchev–Trinajstić information content (AvgIpc) is 2.69. The maximum Gasteiger partial charge on any atom is 0.225 e. The normalized spacial score (nSPS) is 16.5. The Labute approximate surface area is 123 Å². The van der Waals surface area contributed by atoms with Crippen LogP contribution in [0.5, 0.6) is 0 Å². The summed E-state index contributed by atoms with van der Waals surface area (Å²) in [5, 5.41) is 3.46.